The molecule has 0 bridgehead atoms. The van der Waals surface area contributed by atoms with Crippen LogP contribution < -0.4 is 10.6 Å². The quantitative estimate of drug-likeness (QED) is 0.596. The summed E-state index contributed by atoms with van der Waals surface area (Å²) in [4.78, 5) is 30.1. The largest absolute Gasteiger partial charge is 0.355 e. The molecule has 1 fully saturated rings. The van der Waals surface area contributed by atoms with Crippen LogP contribution in [0.4, 0.5) is 0 Å². The molecule has 8 heteroatoms. The zero-order valence-corrected chi connectivity index (χ0v) is 19.4. The molecule has 0 radical (unpaired) electrons. The summed E-state index contributed by atoms with van der Waals surface area (Å²) in [5.41, 5.74) is 0.294. The number of nitrogens with zero attached hydrogens (tertiary/aromatic N) is 2. The molecule has 1 heterocycles. The predicted molar refractivity (Wildman–Crippen MR) is 121 cm³/mol. The molecule has 1 aromatic heterocycles. The fourth-order valence-corrected chi connectivity index (χ4v) is 4.39. The topological polar surface area (TPSA) is 97.1 Å². The molecule has 0 atom stereocenters. The van der Waals surface area contributed by atoms with E-state index < -0.39 is 0 Å². The number of thioether (sulfide) groups is 1. The standard InChI is InChI=1S/C23H32N4O3S/c1-23(2,3)22-26-19(27-30-22)14-25-21(29)17-11-7-8-12-18(17)31-15-20(28)24-13-16-9-5-4-6-10-16/h7-8,11-12,16H,4-6,9-10,13-15H2,1-3H3,(H,24,28)(H,25,29). The van der Waals surface area contributed by atoms with E-state index in [0.717, 1.165) is 11.4 Å². The van der Waals surface area contributed by atoms with Gasteiger partial charge in [0.1, 0.15) is 0 Å². The van der Waals surface area contributed by atoms with Crippen molar-refractivity contribution in [2.24, 2.45) is 5.92 Å². The Morgan fingerprint density at radius 1 is 1.13 bits per heavy atom. The van der Waals surface area contributed by atoms with Gasteiger partial charge in [0.25, 0.3) is 5.91 Å². The molecule has 168 valence electrons. The first-order valence-electron chi connectivity index (χ1n) is 10.9. The van der Waals surface area contributed by atoms with Crippen molar-refractivity contribution >= 4 is 23.6 Å². The first-order chi connectivity index (χ1) is 14.8. The Balaban J connectivity index is 1.50. The van der Waals surface area contributed by atoms with Crippen molar-refractivity contribution in [3.63, 3.8) is 0 Å². The highest BCUT2D eigenvalue weighted by molar-refractivity contribution is 8.00. The lowest BCUT2D eigenvalue weighted by Gasteiger charge is -2.21. The summed E-state index contributed by atoms with van der Waals surface area (Å²) in [5, 5.41) is 9.81. The molecule has 0 aliphatic heterocycles. The fourth-order valence-electron chi connectivity index (χ4n) is 3.51. The van der Waals surface area contributed by atoms with Crippen molar-refractivity contribution in [2.75, 3.05) is 12.3 Å². The highest BCUT2D eigenvalue weighted by atomic mass is 32.2. The van der Waals surface area contributed by atoms with Gasteiger partial charge < -0.3 is 15.2 Å². The number of aromatic nitrogens is 2. The molecular formula is C23H32N4O3S. The van der Waals surface area contributed by atoms with E-state index in [2.05, 4.69) is 20.8 Å². The Hall–Kier alpha value is -2.35. The zero-order valence-electron chi connectivity index (χ0n) is 18.6. The number of amides is 2. The van der Waals surface area contributed by atoms with E-state index in [0.29, 0.717) is 23.2 Å². The van der Waals surface area contributed by atoms with Crippen molar-refractivity contribution < 1.29 is 14.1 Å². The number of hydrogen-bond donors (Lipinski definition) is 2. The van der Waals surface area contributed by atoms with Crippen molar-refractivity contribution in [1.29, 1.82) is 0 Å². The van der Waals surface area contributed by atoms with Gasteiger partial charge >= 0.3 is 0 Å². The van der Waals surface area contributed by atoms with Crippen LogP contribution >= 0.6 is 11.8 Å². The molecule has 2 N–H and O–H groups in total. The molecule has 1 saturated carbocycles. The van der Waals surface area contributed by atoms with Gasteiger partial charge in [0.15, 0.2) is 5.82 Å². The van der Waals surface area contributed by atoms with Gasteiger partial charge in [-0.3, -0.25) is 9.59 Å². The fraction of sp³-hybridized carbons (Fsp3) is 0.565. The molecule has 1 aliphatic rings. The molecule has 3 rings (SSSR count). The maximum Gasteiger partial charge on any atom is 0.252 e. The number of carbonyl (C=O) groups is 2. The van der Waals surface area contributed by atoms with E-state index in [-0.39, 0.29) is 29.5 Å². The van der Waals surface area contributed by atoms with Crippen molar-refractivity contribution in [3.05, 3.63) is 41.5 Å². The number of carbonyl (C=O) groups excluding carboxylic acids is 2. The van der Waals surface area contributed by atoms with Crippen LogP contribution in [0.2, 0.25) is 0 Å². The molecule has 7 nitrogen and oxygen atoms in total. The third-order valence-corrected chi connectivity index (χ3v) is 6.39. The summed E-state index contributed by atoms with van der Waals surface area (Å²) in [6.07, 6.45) is 6.24. The highest BCUT2D eigenvalue weighted by Gasteiger charge is 2.22. The van der Waals surface area contributed by atoms with Crippen molar-refractivity contribution in [1.82, 2.24) is 20.8 Å². The number of benzene rings is 1. The summed E-state index contributed by atoms with van der Waals surface area (Å²) in [7, 11) is 0. The van der Waals surface area contributed by atoms with E-state index >= 15 is 0 Å². The molecule has 0 saturated heterocycles. The van der Waals surface area contributed by atoms with E-state index in [1.165, 1.54) is 43.9 Å². The van der Waals surface area contributed by atoms with Gasteiger partial charge in [-0.15, -0.1) is 11.8 Å². The van der Waals surface area contributed by atoms with E-state index in [1.807, 2.05) is 39.0 Å². The smallest absolute Gasteiger partial charge is 0.252 e. The van der Waals surface area contributed by atoms with Gasteiger partial charge in [-0.1, -0.05) is 57.3 Å². The Labute approximate surface area is 188 Å². The molecule has 0 spiro atoms. The van der Waals surface area contributed by atoms with E-state index in [4.69, 9.17) is 4.52 Å². The van der Waals surface area contributed by atoms with E-state index in [1.54, 1.807) is 6.07 Å². The Morgan fingerprint density at radius 2 is 1.87 bits per heavy atom. The number of nitrogens with one attached hydrogen (secondary N) is 2. The van der Waals surface area contributed by atoms with Crippen LogP contribution in [-0.2, 0) is 16.8 Å². The molecular weight excluding hydrogens is 412 g/mol. The van der Waals surface area contributed by atoms with Crippen LogP contribution in [-0.4, -0.2) is 34.3 Å². The Bertz CT molecular complexity index is 885. The number of rotatable bonds is 8. The van der Waals surface area contributed by atoms with Crippen molar-refractivity contribution in [3.8, 4) is 0 Å². The van der Waals surface area contributed by atoms with Gasteiger partial charge in [-0.25, -0.2) is 0 Å². The minimum absolute atomic E-state index is 0.00675. The van der Waals surface area contributed by atoms with Crippen LogP contribution in [0.5, 0.6) is 0 Å². The molecule has 1 aliphatic carbocycles. The second-order valence-electron chi connectivity index (χ2n) is 9.04. The molecule has 1 aromatic carbocycles. The third kappa shape index (κ3) is 7.09. The Morgan fingerprint density at radius 3 is 2.58 bits per heavy atom. The average molecular weight is 445 g/mol. The number of hydrogen-bond acceptors (Lipinski definition) is 6. The van der Waals surface area contributed by atoms with Crippen LogP contribution in [0, 0.1) is 5.92 Å². The third-order valence-electron chi connectivity index (χ3n) is 5.32. The first kappa shape index (κ1) is 23.3. The Kier molecular flexibility index (Phi) is 8.12. The molecule has 2 amide bonds. The van der Waals surface area contributed by atoms with Gasteiger partial charge in [0.2, 0.25) is 11.8 Å². The highest BCUT2D eigenvalue weighted by Crippen LogP contribution is 2.24. The monoisotopic (exact) mass is 444 g/mol. The van der Waals surface area contributed by atoms with Gasteiger partial charge in [-0.05, 0) is 30.9 Å². The lowest BCUT2D eigenvalue weighted by Crippen LogP contribution is -2.31. The van der Waals surface area contributed by atoms with Gasteiger partial charge in [0.05, 0.1) is 17.9 Å². The van der Waals surface area contributed by atoms with Crippen LogP contribution in [0.15, 0.2) is 33.7 Å². The summed E-state index contributed by atoms with van der Waals surface area (Å²) in [6.45, 7) is 6.90. The first-order valence-corrected chi connectivity index (χ1v) is 11.9. The van der Waals surface area contributed by atoms with E-state index in [9.17, 15) is 9.59 Å². The second kappa shape index (κ2) is 10.8. The van der Waals surface area contributed by atoms with Crippen LogP contribution in [0.1, 0.15) is 74.9 Å². The molecule has 2 aromatic rings. The van der Waals surface area contributed by atoms with Crippen LogP contribution in [0.25, 0.3) is 0 Å². The van der Waals surface area contributed by atoms with Gasteiger partial charge in [-0.2, -0.15) is 4.98 Å². The van der Waals surface area contributed by atoms with Crippen molar-refractivity contribution in [2.45, 2.75) is 69.7 Å². The summed E-state index contributed by atoms with van der Waals surface area (Å²) in [6, 6.07) is 7.30. The zero-order chi connectivity index (χ0) is 22.3. The summed E-state index contributed by atoms with van der Waals surface area (Å²) in [5.74, 6) is 1.64. The maximum atomic E-state index is 12.7. The molecule has 0 unspecified atom stereocenters. The van der Waals surface area contributed by atoms with Crippen LogP contribution in [0.3, 0.4) is 0 Å². The average Bonchev–Trinajstić information content (AvgIpc) is 3.25. The summed E-state index contributed by atoms with van der Waals surface area (Å²) < 4.78 is 5.26. The summed E-state index contributed by atoms with van der Waals surface area (Å²) >= 11 is 1.38. The maximum absolute atomic E-state index is 12.7. The second-order valence-corrected chi connectivity index (χ2v) is 10.1. The van der Waals surface area contributed by atoms with Gasteiger partial charge in [0, 0.05) is 16.9 Å². The lowest BCUT2D eigenvalue weighted by molar-refractivity contribution is -0.118. The minimum Gasteiger partial charge on any atom is -0.355 e. The SMILES string of the molecule is CC(C)(C)c1nc(CNC(=O)c2ccccc2SCC(=O)NCC2CCCCC2)no1. The normalized spacial score (nSPS) is 14.9. The minimum atomic E-state index is -0.240. The lowest BCUT2D eigenvalue weighted by atomic mass is 9.89. The molecule has 31 heavy (non-hydrogen) atoms. The predicted octanol–water partition coefficient (Wildman–Crippen LogP) is 4.09.